The normalized spacial score (nSPS) is 38.5. The highest BCUT2D eigenvalue weighted by Crippen LogP contribution is 2.52. The lowest BCUT2D eigenvalue weighted by molar-refractivity contribution is -0.143. The summed E-state index contributed by atoms with van der Waals surface area (Å²) in [4.78, 5) is 24.8. The molecule has 0 aromatic heterocycles. The van der Waals surface area contributed by atoms with Crippen LogP contribution in [0.1, 0.15) is 40.0 Å². The van der Waals surface area contributed by atoms with Crippen molar-refractivity contribution in [3.05, 3.63) is 23.3 Å². The minimum Gasteiger partial charge on any atom is -0.480 e. The van der Waals surface area contributed by atoms with Gasteiger partial charge < -0.3 is 10.0 Å². The molecule has 4 heteroatoms. The van der Waals surface area contributed by atoms with E-state index in [2.05, 4.69) is 26.8 Å². The summed E-state index contributed by atoms with van der Waals surface area (Å²) in [5, 5.41) is 9.09. The van der Waals surface area contributed by atoms with Gasteiger partial charge >= 0.3 is 5.97 Å². The number of hydrogen-bond acceptors (Lipinski definition) is 2. The molecule has 3 aliphatic carbocycles. The molecule has 1 saturated carbocycles. The number of aliphatic carboxylic acids is 1. The molecule has 2 bridgehead atoms. The molecule has 0 radical (unpaired) electrons. The van der Waals surface area contributed by atoms with E-state index < -0.39 is 5.97 Å². The van der Waals surface area contributed by atoms with Crippen LogP contribution in [0.4, 0.5) is 0 Å². The van der Waals surface area contributed by atoms with Gasteiger partial charge in [-0.2, -0.15) is 0 Å². The van der Waals surface area contributed by atoms with E-state index in [0.29, 0.717) is 5.92 Å². The van der Waals surface area contributed by atoms with E-state index in [0.717, 1.165) is 24.8 Å². The van der Waals surface area contributed by atoms with Crippen molar-refractivity contribution in [3.63, 3.8) is 0 Å². The number of carboxylic acid groups (broad SMARTS) is 1. The van der Waals surface area contributed by atoms with Gasteiger partial charge in [-0.3, -0.25) is 9.59 Å². The van der Waals surface area contributed by atoms with Gasteiger partial charge in [0.2, 0.25) is 5.91 Å². The zero-order chi connectivity index (χ0) is 15.4. The van der Waals surface area contributed by atoms with Crippen molar-refractivity contribution < 1.29 is 14.7 Å². The standard InChI is InChI=1S/C17H23NO3/c1-10-6-13-7-11(2)17(10,3)5-4-12-8-14(19)18(16(12)13)9-15(20)21/h6,8,11,13,16H,4-5,7,9H2,1-3H3,(H,20,21)/t11-,13+,16+,17-/m1/s1. The Kier molecular flexibility index (Phi) is 3.23. The van der Waals surface area contributed by atoms with E-state index in [9.17, 15) is 9.59 Å². The third-order valence-corrected chi connectivity index (χ3v) is 6.03. The average Bonchev–Trinajstić information content (AvgIpc) is 2.68. The zero-order valence-corrected chi connectivity index (χ0v) is 12.9. The zero-order valence-electron chi connectivity index (χ0n) is 12.9. The molecule has 1 heterocycles. The number of hydrogen-bond donors (Lipinski definition) is 1. The number of nitrogens with zero attached hydrogens (tertiary/aromatic N) is 1. The lowest BCUT2D eigenvalue weighted by Gasteiger charge is -2.48. The molecular weight excluding hydrogens is 266 g/mol. The molecule has 21 heavy (non-hydrogen) atoms. The van der Waals surface area contributed by atoms with Crippen molar-refractivity contribution in [3.8, 4) is 0 Å². The van der Waals surface area contributed by atoms with Crippen molar-refractivity contribution in [2.75, 3.05) is 6.54 Å². The topological polar surface area (TPSA) is 57.6 Å². The Bertz CT molecular complexity index is 562. The van der Waals surface area contributed by atoms with Gasteiger partial charge in [0.05, 0.1) is 6.04 Å². The molecule has 4 aliphatic rings. The first-order valence-electron chi connectivity index (χ1n) is 7.74. The fourth-order valence-corrected chi connectivity index (χ4v) is 4.42. The predicted molar refractivity (Wildman–Crippen MR) is 79.6 cm³/mol. The van der Waals surface area contributed by atoms with Crippen LogP contribution in [0.25, 0.3) is 0 Å². The Morgan fingerprint density at radius 2 is 2.24 bits per heavy atom. The van der Waals surface area contributed by atoms with Crippen LogP contribution in [0.3, 0.4) is 0 Å². The van der Waals surface area contributed by atoms with Gasteiger partial charge in [-0.05, 0) is 43.1 Å². The quantitative estimate of drug-likeness (QED) is 0.795. The highest BCUT2D eigenvalue weighted by Gasteiger charge is 2.47. The monoisotopic (exact) mass is 289 g/mol. The van der Waals surface area contributed by atoms with Crippen LogP contribution in [-0.4, -0.2) is 34.5 Å². The van der Waals surface area contributed by atoms with Gasteiger partial charge in [-0.1, -0.05) is 25.5 Å². The molecule has 4 nitrogen and oxygen atoms in total. The lowest BCUT2D eigenvalue weighted by Crippen LogP contribution is -2.47. The van der Waals surface area contributed by atoms with E-state index in [1.807, 2.05) is 0 Å². The van der Waals surface area contributed by atoms with Crippen molar-refractivity contribution in [2.45, 2.75) is 46.1 Å². The second-order valence-electron chi connectivity index (χ2n) is 7.09. The van der Waals surface area contributed by atoms with Crippen LogP contribution < -0.4 is 0 Å². The highest BCUT2D eigenvalue weighted by atomic mass is 16.4. The number of fused-ring (bicyclic) bond motifs is 2. The maximum atomic E-state index is 12.2. The number of carbonyl (C=O) groups excluding carboxylic acids is 1. The molecule has 1 amide bonds. The largest absolute Gasteiger partial charge is 0.480 e. The molecule has 0 aromatic rings. The van der Waals surface area contributed by atoms with Crippen molar-refractivity contribution >= 4 is 11.9 Å². The van der Waals surface area contributed by atoms with Gasteiger partial charge in [-0.25, -0.2) is 0 Å². The summed E-state index contributed by atoms with van der Waals surface area (Å²) in [6, 6.07) is -0.0455. The number of allylic oxidation sites excluding steroid dienone is 1. The maximum Gasteiger partial charge on any atom is 0.323 e. The maximum absolute atomic E-state index is 12.2. The molecule has 1 aliphatic heterocycles. The average molecular weight is 289 g/mol. The SMILES string of the molecule is CC1=C[C@H]2C[C@@H](C)[C@]1(C)CCC1=CC(=O)N(CC(=O)O)[C@@H]12. The predicted octanol–water partition coefficient (Wildman–Crippen LogP) is 2.61. The molecule has 0 spiro atoms. The fourth-order valence-electron chi connectivity index (χ4n) is 4.42. The van der Waals surface area contributed by atoms with Crippen LogP contribution in [0.2, 0.25) is 0 Å². The van der Waals surface area contributed by atoms with Crippen molar-refractivity contribution in [2.24, 2.45) is 17.3 Å². The smallest absolute Gasteiger partial charge is 0.323 e. The number of carboxylic acids is 1. The van der Waals surface area contributed by atoms with E-state index in [1.165, 1.54) is 5.57 Å². The number of amides is 1. The molecule has 1 fully saturated rings. The Hall–Kier alpha value is -1.58. The third kappa shape index (κ3) is 2.12. The molecule has 114 valence electrons. The van der Waals surface area contributed by atoms with E-state index in [-0.39, 0.29) is 29.8 Å². The van der Waals surface area contributed by atoms with Crippen LogP contribution in [-0.2, 0) is 9.59 Å². The number of rotatable bonds is 2. The molecule has 0 unspecified atom stereocenters. The van der Waals surface area contributed by atoms with Gasteiger partial charge in [0, 0.05) is 12.0 Å². The molecular formula is C17H23NO3. The van der Waals surface area contributed by atoms with Crippen LogP contribution in [0.15, 0.2) is 23.3 Å². The van der Waals surface area contributed by atoms with Crippen molar-refractivity contribution in [1.29, 1.82) is 0 Å². The number of carbonyl (C=O) groups is 2. The molecule has 4 rings (SSSR count). The highest BCUT2D eigenvalue weighted by molar-refractivity contribution is 5.94. The van der Waals surface area contributed by atoms with Crippen LogP contribution in [0, 0.1) is 17.3 Å². The summed E-state index contributed by atoms with van der Waals surface area (Å²) in [5.74, 6) is -0.247. The summed E-state index contributed by atoms with van der Waals surface area (Å²) >= 11 is 0. The Morgan fingerprint density at radius 3 is 2.86 bits per heavy atom. The molecule has 0 aromatic carbocycles. The summed E-state index contributed by atoms with van der Waals surface area (Å²) in [5.41, 5.74) is 2.75. The van der Waals surface area contributed by atoms with Crippen LogP contribution >= 0.6 is 0 Å². The van der Waals surface area contributed by atoms with E-state index >= 15 is 0 Å². The lowest BCUT2D eigenvalue weighted by atomic mass is 9.59. The summed E-state index contributed by atoms with van der Waals surface area (Å²) in [7, 11) is 0. The fraction of sp³-hybridized carbons (Fsp3) is 0.647. The van der Waals surface area contributed by atoms with Gasteiger partial charge in [-0.15, -0.1) is 0 Å². The first-order chi connectivity index (χ1) is 9.83. The van der Waals surface area contributed by atoms with E-state index in [1.54, 1.807) is 11.0 Å². The first kappa shape index (κ1) is 14.4. The second kappa shape index (κ2) is 4.72. The van der Waals surface area contributed by atoms with E-state index in [4.69, 9.17) is 5.11 Å². The Morgan fingerprint density at radius 1 is 1.52 bits per heavy atom. The van der Waals surface area contributed by atoms with Gasteiger partial charge in [0.1, 0.15) is 6.54 Å². The Balaban J connectivity index is 2.01. The summed E-state index contributed by atoms with van der Waals surface area (Å²) in [6.45, 7) is 6.61. The Labute approximate surface area is 125 Å². The molecule has 1 N–H and O–H groups in total. The minimum atomic E-state index is -0.936. The second-order valence-corrected chi connectivity index (χ2v) is 7.09. The van der Waals surface area contributed by atoms with Gasteiger partial charge in [0.15, 0.2) is 0 Å². The first-order valence-corrected chi connectivity index (χ1v) is 7.74. The van der Waals surface area contributed by atoms with Crippen LogP contribution in [0.5, 0.6) is 0 Å². The van der Waals surface area contributed by atoms with Gasteiger partial charge in [0.25, 0.3) is 0 Å². The molecule has 0 saturated heterocycles. The molecule has 4 atom stereocenters. The van der Waals surface area contributed by atoms with Crippen molar-refractivity contribution in [1.82, 2.24) is 4.90 Å². The summed E-state index contributed by atoms with van der Waals surface area (Å²) in [6.07, 6.45) is 6.95. The summed E-state index contributed by atoms with van der Waals surface area (Å²) < 4.78 is 0. The third-order valence-electron chi connectivity index (χ3n) is 6.03. The minimum absolute atomic E-state index is 0.0455.